The number of aromatic nitrogens is 1. The van der Waals surface area contributed by atoms with Crippen LogP contribution in [0.25, 0.3) is 10.9 Å². The number of nitrogens with zero attached hydrogens (tertiary/aromatic N) is 2. The number of amides is 3. The second-order valence-electron chi connectivity index (χ2n) is 10.7. The van der Waals surface area contributed by atoms with E-state index in [4.69, 9.17) is 14.2 Å². The fourth-order valence-electron chi connectivity index (χ4n) is 5.34. The molecule has 2 aliphatic heterocycles. The Morgan fingerprint density at radius 2 is 1.69 bits per heavy atom. The maximum atomic E-state index is 13.4. The van der Waals surface area contributed by atoms with Gasteiger partial charge in [-0.15, -0.1) is 0 Å². The van der Waals surface area contributed by atoms with Gasteiger partial charge in [0.2, 0.25) is 0 Å². The Kier molecular flexibility index (Phi) is 7.85. The quantitative estimate of drug-likeness (QED) is 0.258. The van der Waals surface area contributed by atoms with Crippen molar-refractivity contribution in [2.45, 2.75) is 44.8 Å². The molecule has 12 heteroatoms. The molecule has 0 radical (unpaired) electrons. The molecule has 2 N–H and O–H groups in total. The van der Waals surface area contributed by atoms with Crippen molar-refractivity contribution in [3.8, 4) is 0 Å². The van der Waals surface area contributed by atoms with E-state index >= 15 is 0 Å². The highest BCUT2D eigenvalue weighted by Crippen LogP contribution is 2.31. The zero-order valence-corrected chi connectivity index (χ0v) is 23.7. The monoisotopic (exact) mass is 576 g/mol. The standard InChI is InChI=1S/C30H32N4O8/c1-17-16-33(27(37)18-9-6-5-7-10-18)13-14-34(17)28(38)23(35)20-15-31-22-19(20)11-8-12-21(22)32-26(36)24-25(29(39)40-4)42-30(2,3)41-24/h5-12,15,17,24-25,31H,13-14,16H2,1-4H3,(H,32,36)/t17-,24+,25+/m1/s1. The first-order chi connectivity index (χ1) is 20.0. The Hall–Kier alpha value is -4.55. The van der Waals surface area contributed by atoms with Crippen LogP contribution in [0, 0.1) is 0 Å². The number of fused-ring (bicyclic) bond motifs is 1. The van der Waals surface area contributed by atoms with E-state index in [1.54, 1.807) is 68.1 Å². The highest BCUT2D eigenvalue weighted by atomic mass is 16.8. The van der Waals surface area contributed by atoms with Crippen molar-refractivity contribution in [2.75, 3.05) is 32.1 Å². The maximum Gasteiger partial charge on any atom is 0.338 e. The fraction of sp³-hybridized carbons (Fsp3) is 0.367. The third-order valence-corrected chi connectivity index (χ3v) is 7.40. The summed E-state index contributed by atoms with van der Waals surface area (Å²) in [6, 6.07) is 13.5. The van der Waals surface area contributed by atoms with Crippen molar-refractivity contribution < 1.29 is 38.2 Å². The lowest BCUT2D eigenvalue weighted by Crippen LogP contribution is -2.56. The van der Waals surface area contributed by atoms with Gasteiger partial charge in [0, 0.05) is 42.8 Å². The zero-order chi connectivity index (χ0) is 30.2. The van der Waals surface area contributed by atoms with E-state index in [9.17, 15) is 24.0 Å². The number of carbonyl (C=O) groups excluding carboxylic acids is 5. The van der Waals surface area contributed by atoms with Crippen molar-refractivity contribution in [2.24, 2.45) is 0 Å². The third-order valence-electron chi connectivity index (χ3n) is 7.40. The van der Waals surface area contributed by atoms with E-state index in [2.05, 4.69) is 10.3 Å². The number of nitrogens with one attached hydrogen (secondary N) is 2. The summed E-state index contributed by atoms with van der Waals surface area (Å²) in [6.45, 7) is 5.79. The van der Waals surface area contributed by atoms with Crippen LogP contribution in [0.15, 0.2) is 54.7 Å². The fourth-order valence-corrected chi connectivity index (χ4v) is 5.34. The number of esters is 1. The van der Waals surface area contributed by atoms with Gasteiger partial charge >= 0.3 is 5.97 Å². The van der Waals surface area contributed by atoms with Gasteiger partial charge in [0.15, 0.2) is 18.0 Å². The minimum absolute atomic E-state index is 0.122. The Labute approximate surface area is 241 Å². The van der Waals surface area contributed by atoms with Gasteiger partial charge in [-0.25, -0.2) is 4.79 Å². The average molecular weight is 577 g/mol. The van der Waals surface area contributed by atoms with Gasteiger partial charge in [0.1, 0.15) is 0 Å². The molecule has 2 aliphatic rings. The summed E-state index contributed by atoms with van der Waals surface area (Å²) in [6.07, 6.45) is -1.10. The molecule has 3 amide bonds. The molecule has 42 heavy (non-hydrogen) atoms. The maximum absolute atomic E-state index is 13.4. The molecule has 5 rings (SSSR count). The number of carbonyl (C=O) groups is 5. The first kappa shape index (κ1) is 29.0. The smallest absolute Gasteiger partial charge is 0.338 e. The van der Waals surface area contributed by atoms with Gasteiger partial charge in [0.05, 0.1) is 23.9 Å². The number of hydrogen-bond donors (Lipinski definition) is 2. The highest BCUT2D eigenvalue weighted by molar-refractivity contribution is 6.45. The number of ketones is 1. The second-order valence-corrected chi connectivity index (χ2v) is 10.7. The third kappa shape index (κ3) is 5.50. The van der Waals surface area contributed by atoms with Crippen molar-refractivity contribution >= 4 is 46.1 Å². The van der Waals surface area contributed by atoms with Crippen molar-refractivity contribution in [3.05, 3.63) is 65.9 Å². The zero-order valence-electron chi connectivity index (χ0n) is 23.7. The molecule has 3 aromatic rings. The van der Waals surface area contributed by atoms with E-state index in [-0.39, 0.29) is 24.1 Å². The van der Waals surface area contributed by atoms with Gasteiger partial charge < -0.3 is 34.3 Å². The van der Waals surface area contributed by atoms with Crippen LogP contribution in [0.4, 0.5) is 5.69 Å². The SMILES string of the molecule is COC(=O)[C@H]1OC(C)(C)O[C@@H]1C(=O)Nc1cccc2c(C(=O)C(=O)N3CCN(C(=O)c4ccccc4)C[C@H]3C)c[nH]c12. The Morgan fingerprint density at radius 1 is 0.976 bits per heavy atom. The lowest BCUT2D eigenvalue weighted by atomic mass is 10.1. The molecule has 2 aromatic carbocycles. The molecule has 0 saturated carbocycles. The molecule has 2 fully saturated rings. The lowest BCUT2D eigenvalue weighted by Gasteiger charge is -2.39. The summed E-state index contributed by atoms with van der Waals surface area (Å²) in [7, 11) is 1.19. The van der Waals surface area contributed by atoms with Crippen LogP contribution in [0.2, 0.25) is 0 Å². The summed E-state index contributed by atoms with van der Waals surface area (Å²) < 4.78 is 16.0. The first-order valence-electron chi connectivity index (χ1n) is 13.5. The van der Waals surface area contributed by atoms with Gasteiger partial charge in [0.25, 0.3) is 23.5 Å². The number of para-hydroxylation sites is 1. The molecule has 2 saturated heterocycles. The van der Waals surface area contributed by atoms with Crippen LogP contribution < -0.4 is 5.32 Å². The number of Topliss-reactive ketones (excluding diaryl/α,β-unsaturated/α-hetero) is 1. The minimum Gasteiger partial charge on any atom is -0.467 e. The number of rotatable bonds is 6. The lowest BCUT2D eigenvalue weighted by molar-refractivity contribution is -0.168. The Balaban J connectivity index is 1.30. The molecule has 0 spiro atoms. The van der Waals surface area contributed by atoms with E-state index in [0.717, 1.165) is 0 Å². The summed E-state index contributed by atoms with van der Waals surface area (Å²) in [4.78, 5) is 71.1. The Bertz CT molecular complexity index is 1550. The van der Waals surface area contributed by atoms with Gasteiger partial charge in [-0.1, -0.05) is 30.3 Å². The molecule has 0 bridgehead atoms. The molecule has 220 valence electrons. The van der Waals surface area contributed by atoms with Crippen molar-refractivity contribution in [1.82, 2.24) is 14.8 Å². The molecule has 1 aromatic heterocycles. The number of piperazine rings is 1. The van der Waals surface area contributed by atoms with Gasteiger partial charge in [-0.05, 0) is 39.0 Å². The number of methoxy groups -OCH3 is 1. The number of hydrogen-bond acceptors (Lipinski definition) is 8. The van der Waals surface area contributed by atoms with Gasteiger partial charge in [-0.2, -0.15) is 0 Å². The first-order valence-corrected chi connectivity index (χ1v) is 13.5. The highest BCUT2D eigenvalue weighted by Gasteiger charge is 2.49. The Morgan fingerprint density at radius 3 is 2.38 bits per heavy atom. The molecule has 3 atom stereocenters. The van der Waals surface area contributed by atoms with Crippen LogP contribution in [-0.2, 0) is 28.6 Å². The van der Waals surface area contributed by atoms with E-state index in [1.807, 2.05) is 6.07 Å². The minimum atomic E-state index is -1.27. The number of aromatic amines is 1. The van der Waals surface area contributed by atoms with Crippen LogP contribution in [0.5, 0.6) is 0 Å². The molecular formula is C30H32N4O8. The largest absolute Gasteiger partial charge is 0.467 e. The topological polar surface area (TPSA) is 147 Å². The van der Waals surface area contributed by atoms with E-state index in [1.165, 1.54) is 18.2 Å². The number of benzene rings is 2. The number of H-pyrrole nitrogens is 1. The summed E-state index contributed by atoms with van der Waals surface area (Å²) in [5.74, 6) is -4.08. The van der Waals surface area contributed by atoms with Crippen LogP contribution in [-0.4, -0.2) is 95.0 Å². The molecule has 3 heterocycles. The van der Waals surface area contributed by atoms with Gasteiger partial charge in [-0.3, -0.25) is 19.2 Å². The number of ether oxygens (including phenoxy) is 3. The van der Waals surface area contributed by atoms with Crippen molar-refractivity contribution in [3.63, 3.8) is 0 Å². The van der Waals surface area contributed by atoms with Crippen LogP contribution >= 0.6 is 0 Å². The molecular weight excluding hydrogens is 544 g/mol. The van der Waals surface area contributed by atoms with Crippen LogP contribution in [0.3, 0.4) is 0 Å². The average Bonchev–Trinajstić information content (AvgIpc) is 3.57. The number of anilines is 1. The van der Waals surface area contributed by atoms with Crippen LogP contribution in [0.1, 0.15) is 41.5 Å². The molecule has 0 unspecified atom stereocenters. The molecule has 12 nitrogen and oxygen atoms in total. The van der Waals surface area contributed by atoms with Crippen molar-refractivity contribution in [1.29, 1.82) is 0 Å². The summed E-state index contributed by atoms with van der Waals surface area (Å²) in [5.41, 5.74) is 1.46. The summed E-state index contributed by atoms with van der Waals surface area (Å²) in [5, 5.41) is 3.16. The summed E-state index contributed by atoms with van der Waals surface area (Å²) >= 11 is 0. The predicted molar refractivity (Wildman–Crippen MR) is 151 cm³/mol. The second kappa shape index (κ2) is 11.4. The van der Waals surface area contributed by atoms with E-state index < -0.39 is 41.6 Å². The normalized spacial score (nSPS) is 21.7. The van der Waals surface area contributed by atoms with E-state index in [0.29, 0.717) is 35.2 Å². The predicted octanol–water partition coefficient (Wildman–Crippen LogP) is 2.36. The molecule has 0 aliphatic carbocycles.